The maximum Gasteiger partial charge on any atom is 0.0295 e. The van der Waals surface area contributed by atoms with Crippen molar-refractivity contribution in [3.8, 4) is 0 Å². The van der Waals surface area contributed by atoms with Gasteiger partial charge in [-0.1, -0.05) is 19.8 Å². The van der Waals surface area contributed by atoms with E-state index in [-0.39, 0.29) is 30.9 Å². The Morgan fingerprint density at radius 1 is 1.29 bits per heavy atom. The summed E-state index contributed by atoms with van der Waals surface area (Å²) in [6.45, 7) is 2.18. The number of pyridine rings is 1. The molecule has 1 unspecified atom stereocenters. The van der Waals surface area contributed by atoms with E-state index in [9.17, 15) is 0 Å². The molecule has 0 bridgehead atoms. The number of halogens is 2. The van der Waals surface area contributed by atoms with Gasteiger partial charge in [-0.15, -0.1) is 24.8 Å². The molecular weight excluding hydrogens is 219 g/mol. The standard InChI is InChI=1S/C10H16N2.2ClH/c1-2-3-4-10(11)9-5-7-12-8-6-9;;/h5-8,10H,2-4,11H2,1H3;2*1H. The molecule has 14 heavy (non-hydrogen) atoms. The van der Waals surface area contributed by atoms with Gasteiger partial charge in [0.1, 0.15) is 0 Å². The van der Waals surface area contributed by atoms with Crippen LogP contribution in [0.2, 0.25) is 0 Å². The molecule has 2 nitrogen and oxygen atoms in total. The molecule has 0 saturated carbocycles. The Morgan fingerprint density at radius 2 is 1.86 bits per heavy atom. The van der Waals surface area contributed by atoms with Crippen LogP contribution in [0.3, 0.4) is 0 Å². The Balaban J connectivity index is 0. The maximum absolute atomic E-state index is 5.95. The first-order chi connectivity index (χ1) is 5.84. The molecule has 0 aliphatic rings. The van der Waals surface area contributed by atoms with E-state index in [2.05, 4.69) is 11.9 Å². The van der Waals surface area contributed by atoms with Gasteiger partial charge in [0.25, 0.3) is 0 Å². The van der Waals surface area contributed by atoms with E-state index in [4.69, 9.17) is 5.73 Å². The largest absolute Gasteiger partial charge is 0.324 e. The monoisotopic (exact) mass is 236 g/mol. The molecule has 0 fully saturated rings. The van der Waals surface area contributed by atoms with Gasteiger partial charge in [0.05, 0.1) is 0 Å². The average Bonchev–Trinajstić information content (AvgIpc) is 2.15. The molecule has 4 heteroatoms. The van der Waals surface area contributed by atoms with E-state index < -0.39 is 0 Å². The molecule has 0 amide bonds. The van der Waals surface area contributed by atoms with Crippen LogP contribution in [0, 0.1) is 0 Å². The van der Waals surface area contributed by atoms with Crippen LogP contribution in [0.15, 0.2) is 24.5 Å². The lowest BCUT2D eigenvalue weighted by molar-refractivity contribution is 0.603. The van der Waals surface area contributed by atoms with Gasteiger partial charge in [-0.25, -0.2) is 0 Å². The van der Waals surface area contributed by atoms with Crippen LogP contribution in [0.5, 0.6) is 0 Å². The molecule has 1 heterocycles. The predicted molar refractivity (Wildman–Crippen MR) is 65.2 cm³/mol. The highest BCUT2D eigenvalue weighted by Crippen LogP contribution is 2.14. The minimum atomic E-state index is 0. The Kier molecular flexibility index (Phi) is 10.7. The summed E-state index contributed by atoms with van der Waals surface area (Å²) < 4.78 is 0. The van der Waals surface area contributed by atoms with Gasteiger partial charge >= 0.3 is 0 Å². The van der Waals surface area contributed by atoms with Gasteiger partial charge in [0.15, 0.2) is 0 Å². The summed E-state index contributed by atoms with van der Waals surface area (Å²) in [6, 6.07) is 4.16. The minimum absolute atomic E-state index is 0. The molecule has 0 saturated heterocycles. The first-order valence-electron chi connectivity index (χ1n) is 4.50. The van der Waals surface area contributed by atoms with E-state index in [1.54, 1.807) is 12.4 Å². The molecule has 1 aromatic rings. The van der Waals surface area contributed by atoms with Crippen molar-refractivity contribution in [3.63, 3.8) is 0 Å². The van der Waals surface area contributed by atoms with Gasteiger partial charge < -0.3 is 5.73 Å². The van der Waals surface area contributed by atoms with Crippen molar-refractivity contribution in [2.24, 2.45) is 5.73 Å². The van der Waals surface area contributed by atoms with E-state index in [0.717, 1.165) is 6.42 Å². The van der Waals surface area contributed by atoms with Crippen molar-refractivity contribution in [2.45, 2.75) is 32.2 Å². The summed E-state index contributed by atoms with van der Waals surface area (Å²) in [6.07, 6.45) is 7.06. The topological polar surface area (TPSA) is 38.9 Å². The highest BCUT2D eigenvalue weighted by atomic mass is 35.5. The van der Waals surface area contributed by atoms with Gasteiger partial charge in [-0.3, -0.25) is 4.98 Å². The molecule has 0 aliphatic heterocycles. The lowest BCUT2D eigenvalue weighted by atomic mass is 10.0. The predicted octanol–water partition coefficient (Wildman–Crippen LogP) is 3.12. The Morgan fingerprint density at radius 3 is 2.36 bits per heavy atom. The van der Waals surface area contributed by atoms with E-state index in [1.807, 2.05) is 12.1 Å². The summed E-state index contributed by atoms with van der Waals surface area (Å²) in [4.78, 5) is 3.95. The summed E-state index contributed by atoms with van der Waals surface area (Å²) in [7, 11) is 0. The first kappa shape index (κ1) is 16.1. The average molecular weight is 237 g/mol. The number of hydrogen-bond donors (Lipinski definition) is 1. The Hall–Kier alpha value is -0.310. The molecule has 1 rings (SSSR count). The van der Waals surface area contributed by atoms with Crippen molar-refractivity contribution < 1.29 is 0 Å². The Labute approximate surface area is 98.1 Å². The Bertz CT molecular complexity index is 217. The van der Waals surface area contributed by atoms with Crippen molar-refractivity contribution in [1.29, 1.82) is 0 Å². The van der Waals surface area contributed by atoms with Crippen LogP contribution < -0.4 is 5.73 Å². The molecule has 0 spiro atoms. The summed E-state index contributed by atoms with van der Waals surface area (Å²) in [5.41, 5.74) is 7.15. The fraction of sp³-hybridized carbons (Fsp3) is 0.500. The second kappa shape index (κ2) is 9.25. The molecule has 0 aliphatic carbocycles. The van der Waals surface area contributed by atoms with Gasteiger partial charge in [-0.2, -0.15) is 0 Å². The van der Waals surface area contributed by atoms with E-state index in [0.29, 0.717) is 0 Å². The minimum Gasteiger partial charge on any atom is -0.324 e. The van der Waals surface area contributed by atoms with Crippen LogP contribution in [0.1, 0.15) is 37.8 Å². The van der Waals surface area contributed by atoms with Crippen LogP contribution in [-0.2, 0) is 0 Å². The normalized spacial score (nSPS) is 11.0. The lowest BCUT2D eigenvalue weighted by Crippen LogP contribution is -2.09. The number of nitrogens with two attached hydrogens (primary N) is 1. The zero-order chi connectivity index (χ0) is 8.81. The number of rotatable bonds is 4. The fourth-order valence-corrected chi connectivity index (χ4v) is 1.20. The van der Waals surface area contributed by atoms with Crippen molar-refractivity contribution in [1.82, 2.24) is 4.98 Å². The molecule has 0 aromatic carbocycles. The van der Waals surface area contributed by atoms with Gasteiger partial charge in [-0.05, 0) is 24.1 Å². The molecular formula is C10H18Cl2N2. The van der Waals surface area contributed by atoms with Crippen LogP contribution >= 0.6 is 24.8 Å². The van der Waals surface area contributed by atoms with Crippen molar-refractivity contribution in [3.05, 3.63) is 30.1 Å². The zero-order valence-corrected chi connectivity index (χ0v) is 9.98. The molecule has 1 aromatic heterocycles. The first-order valence-corrected chi connectivity index (χ1v) is 4.50. The molecule has 2 N–H and O–H groups in total. The SMILES string of the molecule is CCCCC(N)c1ccncc1.Cl.Cl. The quantitative estimate of drug-likeness (QED) is 0.873. The molecule has 82 valence electrons. The third kappa shape index (κ3) is 5.43. The van der Waals surface area contributed by atoms with Crippen LogP contribution in [0.4, 0.5) is 0 Å². The van der Waals surface area contributed by atoms with Crippen LogP contribution in [0.25, 0.3) is 0 Å². The third-order valence-corrected chi connectivity index (χ3v) is 2.00. The number of hydrogen-bond acceptors (Lipinski definition) is 2. The maximum atomic E-state index is 5.95. The summed E-state index contributed by atoms with van der Waals surface area (Å²) in [5.74, 6) is 0. The van der Waals surface area contributed by atoms with Crippen molar-refractivity contribution >= 4 is 24.8 Å². The number of aromatic nitrogens is 1. The summed E-state index contributed by atoms with van der Waals surface area (Å²) in [5, 5.41) is 0. The molecule has 1 atom stereocenters. The smallest absolute Gasteiger partial charge is 0.0295 e. The van der Waals surface area contributed by atoms with E-state index in [1.165, 1.54) is 18.4 Å². The lowest BCUT2D eigenvalue weighted by Gasteiger charge is -2.09. The van der Waals surface area contributed by atoms with Crippen molar-refractivity contribution in [2.75, 3.05) is 0 Å². The highest BCUT2D eigenvalue weighted by Gasteiger charge is 2.03. The summed E-state index contributed by atoms with van der Waals surface area (Å²) >= 11 is 0. The number of nitrogens with zero attached hydrogens (tertiary/aromatic N) is 1. The second-order valence-electron chi connectivity index (χ2n) is 3.03. The van der Waals surface area contributed by atoms with Gasteiger partial charge in [0, 0.05) is 18.4 Å². The van der Waals surface area contributed by atoms with Crippen LogP contribution in [-0.4, -0.2) is 4.98 Å². The van der Waals surface area contributed by atoms with E-state index >= 15 is 0 Å². The molecule has 0 radical (unpaired) electrons. The third-order valence-electron chi connectivity index (χ3n) is 2.00. The number of unbranched alkanes of at least 4 members (excludes halogenated alkanes) is 1. The fourth-order valence-electron chi connectivity index (χ4n) is 1.20. The zero-order valence-electron chi connectivity index (χ0n) is 8.35. The van der Waals surface area contributed by atoms with Gasteiger partial charge in [0.2, 0.25) is 0 Å². The highest BCUT2D eigenvalue weighted by molar-refractivity contribution is 5.85. The second-order valence-corrected chi connectivity index (χ2v) is 3.03.